The average Bonchev–Trinajstić information content (AvgIpc) is 2.82. The standard InChI is InChI=1S/C17H25ClN2O4/c1-16(2,3)24-15(21)20-17(4,5)6-7-19-12-9-14-13(8-11(12)18)22-10-23-14/h8-9,19H,6-7,10H2,1-5H3,(H,20,21). The topological polar surface area (TPSA) is 68.8 Å². The largest absolute Gasteiger partial charge is 0.454 e. The summed E-state index contributed by atoms with van der Waals surface area (Å²) in [6, 6.07) is 3.55. The Hall–Kier alpha value is -1.82. The minimum atomic E-state index is -0.515. The molecule has 0 radical (unpaired) electrons. The Bertz CT molecular complexity index is 611. The van der Waals surface area contributed by atoms with Gasteiger partial charge >= 0.3 is 6.09 Å². The summed E-state index contributed by atoms with van der Waals surface area (Å²) >= 11 is 6.23. The molecule has 1 heterocycles. The van der Waals surface area contributed by atoms with Crippen molar-refractivity contribution < 1.29 is 19.0 Å². The van der Waals surface area contributed by atoms with E-state index in [1.54, 1.807) is 6.07 Å². The molecule has 2 N–H and O–H groups in total. The lowest BCUT2D eigenvalue weighted by Crippen LogP contribution is -2.46. The molecule has 0 unspecified atom stereocenters. The van der Waals surface area contributed by atoms with Gasteiger partial charge in [-0.2, -0.15) is 0 Å². The van der Waals surface area contributed by atoms with Crippen LogP contribution < -0.4 is 20.1 Å². The molecule has 0 bridgehead atoms. The quantitative estimate of drug-likeness (QED) is 0.828. The summed E-state index contributed by atoms with van der Waals surface area (Å²) in [6.07, 6.45) is 0.269. The minimum absolute atomic E-state index is 0.210. The van der Waals surface area contributed by atoms with Gasteiger partial charge in [-0.05, 0) is 41.0 Å². The molecule has 1 amide bonds. The third kappa shape index (κ3) is 5.37. The molecule has 24 heavy (non-hydrogen) atoms. The highest BCUT2D eigenvalue weighted by Crippen LogP contribution is 2.39. The Morgan fingerprint density at radius 3 is 2.46 bits per heavy atom. The second-order valence-electron chi connectivity index (χ2n) is 7.37. The normalized spacial score (nSPS) is 13.6. The average molecular weight is 357 g/mol. The lowest BCUT2D eigenvalue weighted by Gasteiger charge is -2.29. The lowest BCUT2D eigenvalue weighted by molar-refractivity contribution is 0.0470. The van der Waals surface area contributed by atoms with Crippen molar-refractivity contribution in [3.05, 3.63) is 17.2 Å². The first-order valence-corrected chi connectivity index (χ1v) is 8.28. The van der Waals surface area contributed by atoms with Crippen LogP contribution in [-0.2, 0) is 4.74 Å². The van der Waals surface area contributed by atoms with Crippen LogP contribution in [0.3, 0.4) is 0 Å². The van der Waals surface area contributed by atoms with Crippen LogP contribution in [-0.4, -0.2) is 30.6 Å². The van der Waals surface area contributed by atoms with E-state index in [-0.39, 0.29) is 6.79 Å². The molecule has 134 valence electrons. The Labute approximate surface area is 147 Å². The summed E-state index contributed by atoms with van der Waals surface area (Å²) in [4.78, 5) is 11.9. The van der Waals surface area contributed by atoms with E-state index in [0.29, 0.717) is 29.5 Å². The van der Waals surface area contributed by atoms with Crippen molar-refractivity contribution in [2.24, 2.45) is 0 Å². The van der Waals surface area contributed by atoms with E-state index in [1.807, 2.05) is 40.7 Å². The molecule has 2 rings (SSSR count). The lowest BCUT2D eigenvalue weighted by atomic mass is 10.0. The molecule has 1 aromatic carbocycles. The molecular weight excluding hydrogens is 332 g/mol. The molecule has 1 aliphatic rings. The number of anilines is 1. The van der Waals surface area contributed by atoms with Crippen molar-refractivity contribution >= 4 is 23.4 Å². The predicted octanol–water partition coefficient (Wildman–Crippen LogP) is 4.17. The number of halogens is 1. The summed E-state index contributed by atoms with van der Waals surface area (Å²) in [5.74, 6) is 1.32. The van der Waals surface area contributed by atoms with Gasteiger partial charge in [0, 0.05) is 24.2 Å². The first-order chi connectivity index (χ1) is 11.1. The highest BCUT2D eigenvalue weighted by Gasteiger charge is 2.24. The van der Waals surface area contributed by atoms with Gasteiger partial charge in [0.1, 0.15) is 5.60 Å². The molecule has 7 heteroatoms. The number of amides is 1. The molecule has 0 saturated heterocycles. The van der Waals surface area contributed by atoms with Crippen molar-refractivity contribution in [2.45, 2.75) is 52.2 Å². The number of ether oxygens (including phenoxy) is 3. The summed E-state index contributed by atoms with van der Waals surface area (Å²) in [5.41, 5.74) is -0.162. The molecule has 0 saturated carbocycles. The molecule has 0 aromatic heterocycles. The van der Waals surface area contributed by atoms with Gasteiger partial charge in [0.2, 0.25) is 6.79 Å². The van der Waals surface area contributed by atoms with Gasteiger partial charge in [-0.15, -0.1) is 0 Å². The maximum Gasteiger partial charge on any atom is 0.408 e. The van der Waals surface area contributed by atoms with E-state index >= 15 is 0 Å². The summed E-state index contributed by atoms with van der Waals surface area (Å²) < 4.78 is 15.9. The molecule has 1 aromatic rings. The van der Waals surface area contributed by atoms with Gasteiger partial charge in [-0.3, -0.25) is 0 Å². The van der Waals surface area contributed by atoms with Crippen LogP contribution in [0.2, 0.25) is 5.02 Å². The molecule has 0 fully saturated rings. The van der Waals surface area contributed by atoms with Crippen LogP contribution in [0.1, 0.15) is 41.0 Å². The van der Waals surface area contributed by atoms with E-state index in [4.69, 9.17) is 25.8 Å². The molecule has 6 nitrogen and oxygen atoms in total. The van der Waals surface area contributed by atoms with Gasteiger partial charge in [-0.1, -0.05) is 11.6 Å². The number of hydrogen-bond donors (Lipinski definition) is 2. The molecule has 0 atom stereocenters. The highest BCUT2D eigenvalue weighted by molar-refractivity contribution is 6.33. The molecule has 0 spiro atoms. The van der Waals surface area contributed by atoms with E-state index < -0.39 is 17.2 Å². The number of fused-ring (bicyclic) bond motifs is 1. The van der Waals surface area contributed by atoms with E-state index in [0.717, 1.165) is 5.69 Å². The van der Waals surface area contributed by atoms with E-state index in [1.165, 1.54) is 0 Å². The SMILES string of the molecule is CC(C)(CCNc1cc2c(cc1Cl)OCO2)NC(=O)OC(C)(C)C. The molecule has 0 aliphatic carbocycles. The number of alkyl carbamates (subject to hydrolysis) is 1. The van der Waals surface area contributed by atoms with Crippen LogP contribution in [0.4, 0.5) is 10.5 Å². The van der Waals surface area contributed by atoms with Crippen LogP contribution in [0, 0.1) is 0 Å². The number of nitrogens with one attached hydrogen (secondary N) is 2. The number of benzene rings is 1. The van der Waals surface area contributed by atoms with Crippen LogP contribution in [0.5, 0.6) is 11.5 Å². The fourth-order valence-corrected chi connectivity index (χ4v) is 2.43. The first kappa shape index (κ1) is 18.5. The van der Waals surface area contributed by atoms with Gasteiger partial charge in [0.25, 0.3) is 0 Å². The number of carbonyl (C=O) groups is 1. The van der Waals surface area contributed by atoms with Crippen molar-refractivity contribution in [1.29, 1.82) is 0 Å². The Kier molecular flexibility index (Phi) is 5.38. The number of hydrogen-bond acceptors (Lipinski definition) is 5. The zero-order chi connectivity index (χ0) is 18.0. The predicted molar refractivity (Wildman–Crippen MR) is 94.1 cm³/mol. The molecule has 1 aliphatic heterocycles. The van der Waals surface area contributed by atoms with Crippen molar-refractivity contribution in [2.75, 3.05) is 18.7 Å². The fourth-order valence-electron chi connectivity index (χ4n) is 2.20. The maximum absolute atomic E-state index is 11.9. The van der Waals surface area contributed by atoms with E-state index in [2.05, 4.69) is 10.6 Å². The third-order valence-electron chi connectivity index (χ3n) is 3.37. The second-order valence-corrected chi connectivity index (χ2v) is 7.78. The third-order valence-corrected chi connectivity index (χ3v) is 3.68. The van der Waals surface area contributed by atoms with Gasteiger partial charge < -0.3 is 24.8 Å². The Morgan fingerprint density at radius 1 is 1.21 bits per heavy atom. The minimum Gasteiger partial charge on any atom is -0.454 e. The fraction of sp³-hybridized carbons (Fsp3) is 0.588. The summed E-state index contributed by atoms with van der Waals surface area (Å²) in [7, 11) is 0. The highest BCUT2D eigenvalue weighted by atomic mass is 35.5. The van der Waals surface area contributed by atoms with Crippen LogP contribution >= 0.6 is 11.6 Å². The van der Waals surface area contributed by atoms with Gasteiger partial charge in [0.15, 0.2) is 11.5 Å². The van der Waals surface area contributed by atoms with Gasteiger partial charge in [-0.25, -0.2) is 4.79 Å². The van der Waals surface area contributed by atoms with E-state index in [9.17, 15) is 4.79 Å². The number of carbonyl (C=O) groups excluding carboxylic acids is 1. The van der Waals surface area contributed by atoms with Crippen molar-refractivity contribution in [3.8, 4) is 11.5 Å². The Balaban J connectivity index is 1.86. The maximum atomic E-state index is 11.9. The first-order valence-electron chi connectivity index (χ1n) is 7.90. The second kappa shape index (κ2) is 6.97. The summed E-state index contributed by atoms with van der Waals surface area (Å²) in [6.45, 7) is 10.2. The smallest absolute Gasteiger partial charge is 0.408 e. The van der Waals surface area contributed by atoms with Gasteiger partial charge in [0.05, 0.1) is 10.7 Å². The monoisotopic (exact) mass is 356 g/mol. The zero-order valence-electron chi connectivity index (χ0n) is 14.8. The van der Waals surface area contributed by atoms with Crippen LogP contribution in [0.15, 0.2) is 12.1 Å². The van der Waals surface area contributed by atoms with Crippen LogP contribution in [0.25, 0.3) is 0 Å². The number of rotatable bonds is 5. The Morgan fingerprint density at radius 2 is 1.83 bits per heavy atom. The van der Waals surface area contributed by atoms with Crippen molar-refractivity contribution in [3.63, 3.8) is 0 Å². The van der Waals surface area contributed by atoms with Crippen molar-refractivity contribution in [1.82, 2.24) is 5.32 Å². The zero-order valence-corrected chi connectivity index (χ0v) is 15.5. The summed E-state index contributed by atoms with van der Waals surface area (Å²) in [5, 5.41) is 6.70. The molecular formula is C17H25ClN2O4.